The van der Waals surface area contributed by atoms with Crippen molar-refractivity contribution < 1.29 is 24.3 Å². The van der Waals surface area contributed by atoms with E-state index in [2.05, 4.69) is 21.3 Å². The second-order valence-corrected chi connectivity index (χ2v) is 10.2. The number of amides is 3. The number of carbonyl (C=O) groups excluding carboxylic acids is 3. The third-order valence-corrected chi connectivity index (χ3v) is 7.11. The van der Waals surface area contributed by atoms with Crippen molar-refractivity contribution in [1.82, 2.24) is 21.3 Å². The molecule has 1 aliphatic heterocycles. The van der Waals surface area contributed by atoms with Crippen LogP contribution in [0.5, 0.6) is 0 Å². The van der Waals surface area contributed by atoms with E-state index < -0.39 is 35.9 Å². The quantitative estimate of drug-likeness (QED) is 0.219. The molecule has 0 saturated carbocycles. The predicted molar refractivity (Wildman–Crippen MR) is 155 cm³/mol. The summed E-state index contributed by atoms with van der Waals surface area (Å²) in [5.74, 6) is -2.58. The molecule has 0 radical (unpaired) electrons. The first-order valence-electron chi connectivity index (χ1n) is 13.9. The van der Waals surface area contributed by atoms with Crippen molar-refractivity contribution in [3.05, 3.63) is 108 Å². The maximum atomic E-state index is 13.7. The molecule has 9 heteroatoms. The number of benzene rings is 3. The molecule has 0 aliphatic carbocycles. The van der Waals surface area contributed by atoms with E-state index in [0.717, 1.165) is 29.7 Å². The van der Waals surface area contributed by atoms with Gasteiger partial charge in [0.05, 0.1) is 6.04 Å². The highest BCUT2D eigenvalue weighted by molar-refractivity contribution is 5.94. The molecule has 0 aromatic heterocycles. The van der Waals surface area contributed by atoms with Gasteiger partial charge in [-0.2, -0.15) is 0 Å². The first-order chi connectivity index (χ1) is 19.9. The second kappa shape index (κ2) is 14.8. The van der Waals surface area contributed by atoms with Gasteiger partial charge in [0.25, 0.3) is 0 Å². The zero-order valence-corrected chi connectivity index (χ0v) is 22.8. The van der Waals surface area contributed by atoms with E-state index in [4.69, 9.17) is 0 Å². The number of hydrogen-bond donors (Lipinski definition) is 5. The lowest BCUT2D eigenvalue weighted by Gasteiger charge is -2.25. The summed E-state index contributed by atoms with van der Waals surface area (Å²) in [7, 11) is 0. The molecule has 1 saturated heterocycles. The Bertz CT molecular complexity index is 1300. The first kappa shape index (κ1) is 29.5. The van der Waals surface area contributed by atoms with Crippen molar-refractivity contribution in [3.8, 4) is 0 Å². The van der Waals surface area contributed by atoms with Gasteiger partial charge in [0.1, 0.15) is 18.1 Å². The SMILES string of the molecule is O=C(O)C(Cc1ccccc1)NC(=O)C(Cc1ccccc1)NC(=O)C(Cc1ccccc1)NC(=O)C1CCCN1. The number of nitrogens with one attached hydrogen (secondary N) is 4. The van der Waals surface area contributed by atoms with E-state index in [9.17, 15) is 24.3 Å². The molecule has 3 aromatic carbocycles. The van der Waals surface area contributed by atoms with Crippen LogP contribution in [0.3, 0.4) is 0 Å². The van der Waals surface area contributed by atoms with Gasteiger partial charge in [-0.1, -0.05) is 91.0 Å². The van der Waals surface area contributed by atoms with Gasteiger partial charge in [-0.3, -0.25) is 14.4 Å². The summed E-state index contributed by atoms with van der Waals surface area (Å²) in [5, 5.41) is 21.3. The Morgan fingerprint density at radius 3 is 1.49 bits per heavy atom. The molecule has 1 fully saturated rings. The fraction of sp³-hybridized carbons (Fsp3) is 0.312. The van der Waals surface area contributed by atoms with Crippen LogP contribution in [-0.4, -0.2) is 59.5 Å². The minimum absolute atomic E-state index is 0.0923. The van der Waals surface area contributed by atoms with Gasteiger partial charge in [0.2, 0.25) is 17.7 Å². The van der Waals surface area contributed by atoms with Crippen LogP contribution in [0.4, 0.5) is 0 Å². The number of aliphatic carboxylic acids is 1. The fourth-order valence-electron chi connectivity index (χ4n) is 4.89. The lowest BCUT2D eigenvalue weighted by Crippen LogP contribution is -2.58. The van der Waals surface area contributed by atoms with Crippen LogP contribution in [-0.2, 0) is 38.4 Å². The highest BCUT2D eigenvalue weighted by Crippen LogP contribution is 2.10. The number of hydrogen-bond acceptors (Lipinski definition) is 5. The first-order valence-corrected chi connectivity index (χ1v) is 13.9. The largest absolute Gasteiger partial charge is 0.480 e. The van der Waals surface area contributed by atoms with Crippen molar-refractivity contribution in [1.29, 1.82) is 0 Å². The van der Waals surface area contributed by atoms with Gasteiger partial charge in [-0.25, -0.2) is 4.79 Å². The summed E-state index contributed by atoms with van der Waals surface area (Å²) in [4.78, 5) is 52.2. The average molecular weight is 557 g/mol. The molecule has 4 rings (SSSR count). The topological polar surface area (TPSA) is 137 Å². The molecule has 3 amide bonds. The standard InChI is InChI=1S/C32H36N4O5/c37-29(25-17-10-18-33-25)34-26(19-22-11-4-1-5-12-22)30(38)35-27(20-23-13-6-2-7-14-23)31(39)36-28(32(40)41)21-24-15-8-3-9-16-24/h1-9,11-16,25-28,33H,10,17-21H2,(H,34,37)(H,35,38)(H,36,39)(H,40,41). The van der Waals surface area contributed by atoms with E-state index >= 15 is 0 Å². The number of carbonyl (C=O) groups is 4. The molecule has 5 N–H and O–H groups in total. The Labute approximate surface area is 239 Å². The lowest BCUT2D eigenvalue weighted by molar-refractivity contribution is -0.142. The van der Waals surface area contributed by atoms with Crippen molar-refractivity contribution in [3.63, 3.8) is 0 Å². The molecule has 3 aromatic rings. The Kier molecular flexibility index (Phi) is 10.6. The third kappa shape index (κ3) is 9.01. The summed E-state index contributed by atoms with van der Waals surface area (Å²) < 4.78 is 0. The number of carboxylic acids is 1. The molecule has 4 atom stereocenters. The third-order valence-electron chi connectivity index (χ3n) is 7.11. The van der Waals surface area contributed by atoms with E-state index in [1.807, 2.05) is 66.7 Å². The summed E-state index contributed by atoms with van der Waals surface area (Å²) in [6, 6.07) is 24.0. The second-order valence-electron chi connectivity index (χ2n) is 10.2. The maximum absolute atomic E-state index is 13.7. The summed E-state index contributed by atoms with van der Waals surface area (Å²) >= 11 is 0. The number of rotatable bonds is 13. The van der Waals surface area contributed by atoms with Crippen molar-refractivity contribution in [2.24, 2.45) is 0 Å². The van der Waals surface area contributed by atoms with Crippen molar-refractivity contribution in [2.75, 3.05) is 6.54 Å². The highest BCUT2D eigenvalue weighted by atomic mass is 16.4. The maximum Gasteiger partial charge on any atom is 0.326 e. The van der Waals surface area contributed by atoms with Crippen LogP contribution in [0, 0.1) is 0 Å². The molecule has 41 heavy (non-hydrogen) atoms. The van der Waals surface area contributed by atoms with E-state index in [0.29, 0.717) is 6.42 Å². The normalized spacial score (nSPS) is 16.6. The molecular weight excluding hydrogens is 520 g/mol. The molecule has 4 unspecified atom stereocenters. The van der Waals surface area contributed by atoms with Gasteiger partial charge in [-0.05, 0) is 36.1 Å². The average Bonchev–Trinajstić information content (AvgIpc) is 3.53. The van der Waals surface area contributed by atoms with Gasteiger partial charge >= 0.3 is 5.97 Å². The zero-order valence-electron chi connectivity index (χ0n) is 22.8. The van der Waals surface area contributed by atoms with Crippen molar-refractivity contribution in [2.45, 2.75) is 56.3 Å². The summed E-state index contributed by atoms with van der Waals surface area (Å²) in [6.07, 6.45) is 2.03. The van der Waals surface area contributed by atoms with Crippen LogP contribution < -0.4 is 21.3 Å². The molecular formula is C32H36N4O5. The van der Waals surface area contributed by atoms with Crippen LogP contribution in [0.15, 0.2) is 91.0 Å². The minimum atomic E-state index is -1.19. The van der Waals surface area contributed by atoms with Gasteiger partial charge in [0, 0.05) is 19.3 Å². The van der Waals surface area contributed by atoms with Crippen LogP contribution in [0.25, 0.3) is 0 Å². The molecule has 1 aliphatic rings. The molecule has 0 spiro atoms. The Balaban J connectivity index is 1.53. The van der Waals surface area contributed by atoms with E-state index in [-0.39, 0.29) is 31.2 Å². The Morgan fingerprint density at radius 2 is 1.07 bits per heavy atom. The van der Waals surface area contributed by atoms with E-state index in [1.54, 1.807) is 24.3 Å². The van der Waals surface area contributed by atoms with Gasteiger partial charge in [-0.15, -0.1) is 0 Å². The smallest absolute Gasteiger partial charge is 0.326 e. The fourth-order valence-corrected chi connectivity index (χ4v) is 4.89. The highest BCUT2D eigenvalue weighted by Gasteiger charge is 2.32. The van der Waals surface area contributed by atoms with Crippen LogP contribution >= 0.6 is 0 Å². The minimum Gasteiger partial charge on any atom is -0.480 e. The summed E-state index contributed by atoms with van der Waals surface area (Å²) in [5.41, 5.74) is 2.40. The lowest BCUT2D eigenvalue weighted by atomic mass is 10.0. The van der Waals surface area contributed by atoms with Gasteiger partial charge in [0.15, 0.2) is 0 Å². The number of carboxylic acid groups (broad SMARTS) is 1. The monoisotopic (exact) mass is 556 g/mol. The van der Waals surface area contributed by atoms with Gasteiger partial charge < -0.3 is 26.4 Å². The molecule has 214 valence electrons. The van der Waals surface area contributed by atoms with E-state index in [1.165, 1.54) is 0 Å². The molecule has 1 heterocycles. The Hall–Kier alpha value is -4.50. The predicted octanol–water partition coefficient (Wildman–Crippen LogP) is 2.01. The Morgan fingerprint density at radius 1 is 0.659 bits per heavy atom. The molecule has 9 nitrogen and oxygen atoms in total. The summed E-state index contributed by atoms with van der Waals surface area (Å²) in [6.45, 7) is 0.737. The zero-order chi connectivity index (χ0) is 29.0. The van der Waals surface area contributed by atoms with Crippen molar-refractivity contribution >= 4 is 23.7 Å². The molecule has 0 bridgehead atoms. The van der Waals surface area contributed by atoms with Crippen LogP contribution in [0.1, 0.15) is 29.5 Å². The van der Waals surface area contributed by atoms with Crippen LogP contribution in [0.2, 0.25) is 0 Å².